The quantitative estimate of drug-likeness (QED) is 0.775. The molecule has 0 saturated carbocycles. The molecule has 1 heterocycles. The van der Waals surface area contributed by atoms with Crippen molar-refractivity contribution < 1.29 is 14.3 Å². The van der Waals surface area contributed by atoms with E-state index < -0.39 is 0 Å². The van der Waals surface area contributed by atoms with Crippen LogP contribution in [-0.4, -0.2) is 25.1 Å². The maximum Gasteiger partial charge on any atom is 0.257 e. The molecule has 0 radical (unpaired) electrons. The van der Waals surface area contributed by atoms with Crippen LogP contribution >= 0.6 is 0 Å². The minimum atomic E-state index is -0.176. The molecule has 0 unspecified atom stereocenters. The number of rotatable bonds is 4. The maximum atomic E-state index is 12.4. The van der Waals surface area contributed by atoms with Crippen LogP contribution in [0.2, 0.25) is 0 Å². The largest absolute Gasteiger partial charge is 0.497 e. The van der Waals surface area contributed by atoms with Gasteiger partial charge in [-0.1, -0.05) is 0 Å². The van der Waals surface area contributed by atoms with E-state index in [9.17, 15) is 4.79 Å². The first-order chi connectivity index (χ1) is 10.7. The third-order valence-corrected chi connectivity index (χ3v) is 3.48. The highest BCUT2D eigenvalue weighted by molar-refractivity contribution is 6.13. The van der Waals surface area contributed by atoms with Crippen LogP contribution in [0.4, 0.5) is 5.69 Å². The van der Waals surface area contributed by atoms with Gasteiger partial charge in [-0.15, -0.1) is 0 Å². The van der Waals surface area contributed by atoms with Crippen LogP contribution in [0.25, 0.3) is 10.9 Å². The summed E-state index contributed by atoms with van der Waals surface area (Å²) in [6, 6.07) is 12.8. The number of carbonyl (C=O) groups excluding carboxylic acids is 1. The fourth-order valence-electron chi connectivity index (χ4n) is 2.29. The Balaban J connectivity index is 1.87. The lowest BCUT2D eigenvalue weighted by Gasteiger charge is -2.06. The van der Waals surface area contributed by atoms with Crippen molar-refractivity contribution in [3.63, 3.8) is 0 Å². The maximum absolute atomic E-state index is 12.4. The first-order valence-corrected chi connectivity index (χ1v) is 6.82. The van der Waals surface area contributed by atoms with Gasteiger partial charge in [-0.25, -0.2) is 0 Å². The summed E-state index contributed by atoms with van der Waals surface area (Å²) in [6.45, 7) is 0. The Morgan fingerprint density at radius 1 is 1.00 bits per heavy atom. The van der Waals surface area contributed by atoms with Gasteiger partial charge in [0.1, 0.15) is 11.5 Å². The predicted octanol–water partition coefficient (Wildman–Crippen LogP) is 3.44. The molecule has 1 amide bonds. The topological polar surface area (TPSA) is 63.3 Å². The zero-order valence-corrected chi connectivity index (χ0v) is 12.3. The molecule has 0 atom stereocenters. The van der Waals surface area contributed by atoms with Crippen LogP contribution in [0.5, 0.6) is 11.5 Å². The summed E-state index contributed by atoms with van der Waals surface area (Å²) in [7, 11) is 3.21. The van der Waals surface area contributed by atoms with Gasteiger partial charge in [0.05, 0.1) is 19.8 Å². The lowest BCUT2D eigenvalue weighted by Crippen LogP contribution is -2.11. The fourth-order valence-corrected chi connectivity index (χ4v) is 2.29. The molecule has 0 spiro atoms. The molecule has 3 aromatic rings. The summed E-state index contributed by atoms with van der Waals surface area (Å²) >= 11 is 0. The first-order valence-electron chi connectivity index (χ1n) is 6.82. The number of amides is 1. The molecule has 0 bridgehead atoms. The van der Waals surface area contributed by atoms with Crippen molar-refractivity contribution in [1.82, 2.24) is 4.98 Å². The summed E-state index contributed by atoms with van der Waals surface area (Å²) < 4.78 is 10.3. The van der Waals surface area contributed by atoms with E-state index in [1.807, 2.05) is 18.2 Å². The van der Waals surface area contributed by atoms with Crippen LogP contribution in [0.15, 0.2) is 48.7 Å². The van der Waals surface area contributed by atoms with Crippen molar-refractivity contribution in [3.8, 4) is 11.5 Å². The highest BCUT2D eigenvalue weighted by atomic mass is 16.5. The van der Waals surface area contributed by atoms with Crippen LogP contribution in [-0.2, 0) is 0 Å². The van der Waals surface area contributed by atoms with E-state index >= 15 is 0 Å². The molecule has 2 aromatic carbocycles. The predicted molar refractivity (Wildman–Crippen MR) is 85.8 cm³/mol. The Kier molecular flexibility index (Phi) is 3.70. The molecular weight excluding hydrogens is 280 g/mol. The van der Waals surface area contributed by atoms with Crippen LogP contribution in [0.1, 0.15) is 10.4 Å². The summed E-state index contributed by atoms with van der Waals surface area (Å²) in [5.74, 6) is 1.28. The standard InChI is InChI=1S/C17H16N2O3/c1-21-12-5-3-11(4-6-12)19-17(20)15-10-18-16-8-7-13(22-2)9-14(15)16/h3-10,18H,1-2H3,(H,19,20). The summed E-state index contributed by atoms with van der Waals surface area (Å²) in [6.07, 6.45) is 1.70. The van der Waals surface area contributed by atoms with E-state index in [1.54, 1.807) is 44.7 Å². The molecule has 0 aliphatic carbocycles. The van der Waals surface area contributed by atoms with Crippen molar-refractivity contribution in [3.05, 3.63) is 54.2 Å². The Morgan fingerprint density at radius 3 is 2.36 bits per heavy atom. The van der Waals surface area contributed by atoms with Gasteiger partial charge in [-0.3, -0.25) is 4.79 Å². The minimum Gasteiger partial charge on any atom is -0.497 e. The Morgan fingerprint density at radius 2 is 1.68 bits per heavy atom. The van der Waals surface area contributed by atoms with Gasteiger partial charge in [-0.2, -0.15) is 0 Å². The zero-order chi connectivity index (χ0) is 15.5. The van der Waals surface area contributed by atoms with E-state index in [2.05, 4.69) is 10.3 Å². The normalized spacial score (nSPS) is 10.5. The van der Waals surface area contributed by atoms with Gasteiger partial charge in [0.2, 0.25) is 0 Å². The van der Waals surface area contributed by atoms with Gasteiger partial charge in [0.15, 0.2) is 0 Å². The number of aromatic nitrogens is 1. The Labute approximate surface area is 127 Å². The van der Waals surface area contributed by atoms with E-state index in [1.165, 1.54) is 0 Å². The second-order valence-corrected chi connectivity index (χ2v) is 4.80. The molecule has 112 valence electrons. The molecule has 22 heavy (non-hydrogen) atoms. The molecular formula is C17H16N2O3. The number of methoxy groups -OCH3 is 2. The van der Waals surface area contributed by atoms with Crippen molar-refractivity contribution in [2.75, 3.05) is 19.5 Å². The molecule has 5 nitrogen and oxygen atoms in total. The molecule has 2 N–H and O–H groups in total. The van der Waals surface area contributed by atoms with Crippen molar-refractivity contribution in [1.29, 1.82) is 0 Å². The average molecular weight is 296 g/mol. The van der Waals surface area contributed by atoms with Crippen LogP contribution in [0.3, 0.4) is 0 Å². The Bertz CT molecular complexity index is 806. The highest BCUT2D eigenvalue weighted by Gasteiger charge is 2.13. The number of benzene rings is 2. The fraction of sp³-hybridized carbons (Fsp3) is 0.118. The molecule has 0 fully saturated rings. The molecule has 0 saturated heterocycles. The minimum absolute atomic E-state index is 0.176. The van der Waals surface area contributed by atoms with E-state index in [0.717, 1.165) is 16.7 Å². The number of carbonyl (C=O) groups is 1. The van der Waals surface area contributed by atoms with Crippen molar-refractivity contribution in [2.24, 2.45) is 0 Å². The second-order valence-electron chi connectivity index (χ2n) is 4.80. The van der Waals surface area contributed by atoms with Crippen molar-refractivity contribution in [2.45, 2.75) is 0 Å². The third kappa shape index (κ3) is 2.61. The van der Waals surface area contributed by atoms with Crippen molar-refractivity contribution >= 4 is 22.5 Å². The lowest BCUT2D eigenvalue weighted by molar-refractivity contribution is 0.102. The number of fused-ring (bicyclic) bond motifs is 1. The van der Waals surface area contributed by atoms with Crippen LogP contribution in [0, 0.1) is 0 Å². The van der Waals surface area contributed by atoms with Crippen LogP contribution < -0.4 is 14.8 Å². The van der Waals surface area contributed by atoms with Gasteiger partial charge < -0.3 is 19.8 Å². The first kappa shape index (κ1) is 14.0. The SMILES string of the molecule is COc1ccc(NC(=O)c2c[nH]c3ccc(OC)cc23)cc1. The Hall–Kier alpha value is -2.95. The molecule has 3 rings (SSSR count). The summed E-state index contributed by atoms with van der Waals surface area (Å²) in [5, 5.41) is 3.69. The number of anilines is 1. The molecule has 1 aromatic heterocycles. The second kappa shape index (κ2) is 5.81. The smallest absolute Gasteiger partial charge is 0.257 e. The van der Waals surface area contributed by atoms with E-state index in [-0.39, 0.29) is 5.91 Å². The number of nitrogens with one attached hydrogen (secondary N) is 2. The highest BCUT2D eigenvalue weighted by Crippen LogP contribution is 2.24. The zero-order valence-electron chi connectivity index (χ0n) is 12.3. The number of aromatic amines is 1. The van der Waals surface area contributed by atoms with Gasteiger partial charge in [0, 0.05) is 22.8 Å². The van der Waals surface area contributed by atoms with Gasteiger partial charge in [-0.05, 0) is 42.5 Å². The number of hydrogen-bond donors (Lipinski definition) is 2. The summed E-state index contributed by atoms with van der Waals surface area (Å²) in [4.78, 5) is 15.5. The number of H-pyrrole nitrogens is 1. The lowest BCUT2D eigenvalue weighted by atomic mass is 10.1. The molecule has 0 aliphatic rings. The summed E-state index contributed by atoms with van der Waals surface area (Å²) in [5.41, 5.74) is 2.17. The van der Waals surface area contributed by atoms with Gasteiger partial charge >= 0.3 is 0 Å². The molecule has 5 heteroatoms. The van der Waals surface area contributed by atoms with E-state index in [4.69, 9.17) is 9.47 Å². The van der Waals surface area contributed by atoms with Gasteiger partial charge in [0.25, 0.3) is 5.91 Å². The average Bonchev–Trinajstić information content (AvgIpc) is 2.98. The van der Waals surface area contributed by atoms with E-state index in [0.29, 0.717) is 17.0 Å². The third-order valence-electron chi connectivity index (χ3n) is 3.48. The monoisotopic (exact) mass is 296 g/mol. The number of ether oxygens (including phenoxy) is 2. The molecule has 0 aliphatic heterocycles. The number of hydrogen-bond acceptors (Lipinski definition) is 3.